The zero-order chi connectivity index (χ0) is 12.1. The van der Waals surface area contributed by atoms with Crippen LogP contribution in [0.4, 0.5) is 5.69 Å². The van der Waals surface area contributed by atoms with Crippen LogP contribution in [-0.4, -0.2) is 38.6 Å². The summed E-state index contributed by atoms with van der Waals surface area (Å²) in [4.78, 5) is 4.82. The summed E-state index contributed by atoms with van der Waals surface area (Å²) < 4.78 is 0. The highest BCUT2D eigenvalue weighted by Gasteiger charge is 2.18. The summed E-state index contributed by atoms with van der Waals surface area (Å²) in [7, 11) is 4.33. The van der Waals surface area contributed by atoms with E-state index < -0.39 is 0 Å². The van der Waals surface area contributed by atoms with Crippen molar-refractivity contribution >= 4 is 5.69 Å². The molecule has 1 saturated heterocycles. The molecule has 0 aromatic heterocycles. The SMILES string of the molecule is CN(C)CCC1CCN(c2ccccc2)CC1. The van der Waals surface area contributed by atoms with Gasteiger partial charge in [0.05, 0.1) is 0 Å². The Kier molecular flexibility index (Phi) is 4.43. The van der Waals surface area contributed by atoms with E-state index in [0.29, 0.717) is 0 Å². The quantitative estimate of drug-likeness (QED) is 0.787. The molecule has 1 aromatic carbocycles. The molecule has 2 heteroatoms. The second kappa shape index (κ2) is 6.06. The lowest BCUT2D eigenvalue weighted by atomic mass is 9.93. The van der Waals surface area contributed by atoms with Crippen molar-refractivity contribution in [2.45, 2.75) is 19.3 Å². The van der Waals surface area contributed by atoms with Crippen LogP contribution >= 0.6 is 0 Å². The van der Waals surface area contributed by atoms with E-state index in [2.05, 4.69) is 54.2 Å². The summed E-state index contributed by atoms with van der Waals surface area (Å²) in [5.74, 6) is 0.928. The fraction of sp³-hybridized carbons (Fsp3) is 0.600. The van der Waals surface area contributed by atoms with Crippen molar-refractivity contribution in [3.8, 4) is 0 Å². The Bertz CT molecular complexity index is 313. The van der Waals surface area contributed by atoms with Crippen LogP contribution in [-0.2, 0) is 0 Å². The molecule has 1 aliphatic heterocycles. The molecular formula is C15H24N2. The minimum absolute atomic E-state index is 0.928. The summed E-state index contributed by atoms with van der Waals surface area (Å²) in [6, 6.07) is 10.8. The highest BCUT2D eigenvalue weighted by Crippen LogP contribution is 2.24. The first kappa shape index (κ1) is 12.4. The number of anilines is 1. The third-order valence-corrected chi connectivity index (χ3v) is 3.72. The van der Waals surface area contributed by atoms with Crippen LogP contribution in [0.5, 0.6) is 0 Å². The Morgan fingerprint density at radius 1 is 1.12 bits per heavy atom. The van der Waals surface area contributed by atoms with Crippen LogP contribution in [0.25, 0.3) is 0 Å². The van der Waals surface area contributed by atoms with Crippen molar-refractivity contribution in [3.05, 3.63) is 30.3 Å². The van der Waals surface area contributed by atoms with Gasteiger partial charge in [-0.25, -0.2) is 0 Å². The normalized spacial score (nSPS) is 17.7. The first-order valence-electron chi connectivity index (χ1n) is 6.70. The summed E-state index contributed by atoms with van der Waals surface area (Å²) >= 11 is 0. The maximum atomic E-state index is 2.52. The maximum absolute atomic E-state index is 2.52. The molecule has 0 atom stereocenters. The molecule has 94 valence electrons. The molecule has 1 aromatic rings. The molecule has 0 unspecified atom stereocenters. The Morgan fingerprint density at radius 2 is 1.76 bits per heavy atom. The molecule has 2 rings (SSSR count). The topological polar surface area (TPSA) is 6.48 Å². The van der Waals surface area contributed by atoms with Crippen LogP contribution in [0.2, 0.25) is 0 Å². The number of piperidine rings is 1. The van der Waals surface area contributed by atoms with E-state index in [1.165, 1.54) is 44.6 Å². The van der Waals surface area contributed by atoms with Gasteiger partial charge in [0.15, 0.2) is 0 Å². The standard InChI is InChI=1S/C15H24N2/c1-16(2)11-8-14-9-12-17(13-10-14)15-6-4-3-5-7-15/h3-7,14H,8-13H2,1-2H3. The summed E-state index contributed by atoms with van der Waals surface area (Å²) in [5.41, 5.74) is 1.39. The van der Waals surface area contributed by atoms with Crippen LogP contribution < -0.4 is 4.90 Å². The number of hydrogen-bond acceptors (Lipinski definition) is 2. The van der Waals surface area contributed by atoms with Crippen molar-refractivity contribution in [1.82, 2.24) is 4.90 Å². The molecule has 1 fully saturated rings. The summed E-state index contributed by atoms with van der Waals surface area (Å²) in [5, 5.41) is 0. The van der Waals surface area contributed by atoms with Crippen LogP contribution in [0.1, 0.15) is 19.3 Å². The van der Waals surface area contributed by atoms with Crippen molar-refractivity contribution in [1.29, 1.82) is 0 Å². The molecule has 0 amide bonds. The lowest BCUT2D eigenvalue weighted by molar-refractivity contribution is 0.313. The fourth-order valence-electron chi connectivity index (χ4n) is 2.56. The van der Waals surface area contributed by atoms with Gasteiger partial charge in [0.2, 0.25) is 0 Å². The van der Waals surface area contributed by atoms with Crippen molar-refractivity contribution < 1.29 is 0 Å². The van der Waals surface area contributed by atoms with E-state index in [0.717, 1.165) is 5.92 Å². The summed E-state index contributed by atoms with van der Waals surface area (Å²) in [6.45, 7) is 3.68. The third kappa shape index (κ3) is 3.74. The Hall–Kier alpha value is -1.02. The van der Waals surface area contributed by atoms with E-state index in [4.69, 9.17) is 0 Å². The average Bonchev–Trinajstić information content (AvgIpc) is 2.38. The van der Waals surface area contributed by atoms with Gasteiger partial charge in [0.1, 0.15) is 0 Å². The van der Waals surface area contributed by atoms with Crippen LogP contribution in [0, 0.1) is 5.92 Å². The minimum atomic E-state index is 0.928. The number of nitrogens with zero attached hydrogens (tertiary/aromatic N) is 2. The molecule has 17 heavy (non-hydrogen) atoms. The molecule has 0 aliphatic carbocycles. The van der Waals surface area contributed by atoms with Gasteiger partial charge in [0, 0.05) is 18.8 Å². The van der Waals surface area contributed by atoms with Crippen molar-refractivity contribution in [2.75, 3.05) is 38.6 Å². The molecule has 2 nitrogen and oxygen atoms in total. The first-order chi connectivity index (χ1) is 8.25. The zero-order valence-corrected chi connectivity index (χ0v) is 11.1. The molecule has 1 heterocycles. The first-order valence-corrected chi connectivity index (χ1v) is 6.70. The van der Waals surface area contributed by atoms with Gasteiger partial charge in [-0.1, -0.05) is 18.2 Å². The Morgan fingerprint density at radius 3 is 2.35 bits per heavy atom. The number of rotatable bonds is 4. The van der Waals surface area contributed by atoms with Gasteiger partial charge in [0.25, 0.3) is 0 Å². The number of hydrogen-bond donors (Lipinski definition) is 0. The predicted molar refractivity (Wildman–Crippen MR) is 74.6 cm³/mol. The lowest BCUT2D eigenvalue weighted by Crippen LogP contribution is -2.34. The largest absolute Gasteiger partial charge is 0.372 e. The van der Waals surface area contributed by atoms with Gasteiger partial charge >= 0.3 is 0 Å². The molecule has 0 N–H and O–H groups in total. The van der Waals surface area contributed by atoms with Gasteiger partial charge in [-0.15, -0.1) is 0 Å². The van der Waals surface area contributed by atoms with Gasteiger partial charge in [-0.2, -0.15) is 0 Å². The van der Waals surface area contributed by atoms with Crippen molar-refractivity contribution in [2.24, 2.45) is 5.92 Å². The van der Waals surface area contributed by atoms with E-state index in [-0.39, 0.29) is 0 Å². The maximum Gasteiger partial charge on any atom is 0.0366 e. The highest BCUT2D eigenvalue weighted by molar-refractivity contribution is 5.46. The molecular weight excluding hydrogens is 208 g/mol. The Labute approximate surface area is 105 Å². The second-order valence-electron chi connectivity index (χ2n) is 5.36. The molecule has 0 saturated carbocycles. The fourth-order valence-corrected chi connectivity index (χ4v) is 2.56. The number of benzene rings is 1. The van der Waals surface area contributed by atoms with Crippen LogP contribution in [0.15, 0.2) is 30.3 Å². The molecule has 0 radical (unpaired) electrons. The van der Waals surface area contributed by atoms with Gasteiger partial charge < -0.3 is 9.80 Å². The van der Waals surface area contributed by atoms with E-state index >= 15 is 0 Å². The summed E-state index contributed by atoms with van der Waals surface area (Å²) in [6.07, 6.45) is 4.06. The van der Waals surface area contributed by atoms with E-state index in [1.54, 1.807) is 0 Å². The zero-order valence-electron chi connectivity index (χ0n) is 11.1. The Balaban J connectivity index is 1.78. The second-order valence-corrected chi connectivity index (χ2v) is 5.36. The smallest absolute Gasteiger partial charge is 0.0366 e. The minimum Gasteiger partial charge on any atom is -0.372 e. The highest BCUT2D eigenvalue weighted by atomic mass is 15.1. The molecule has 1 aliphatic rings. The predicted octanol–water partition coefficient (Wildman–Crippen LogP) is 2.85. The van der Waals surface area contributed by atoms with Crippen molar-refractivity contribution in [3.63, 3.8) is 0 Å². The number of para-hydroxylation sites is 1. The van der Waals surface area contributed by atoms with E-state index in [9.17, 15) is 0 Å². The van der Waals surface area contributed by atoms with E-state index in [1.807, 2.05) is 0 Å². The average molecular weight is 232 g/mol. The lowest BCUT2D eigenvalue weighted by Gasteiger charge is -2.34. The molecule has 0 bridgehead atoms. The molecule has 0 spiro atoms. The monoisotopic (exact) mass is 232 g/mol. The van der Waals surface area contributed by atoms with Gasteiger partial charge in [-0.3, -0.25) is 0 Å². The van der Waals surface area contributed by atoms with Crippen LogP contribution in [0.3, 0.4) is 0 Å². The third-order valence-electron chi connectivity index (χ3n) is 3.72. The van der Waals surface area contributed by atoms with Gasteiger partial charge in [-0.05, 0) is 58.0 Å².